The lowest BCUT2D eigenvalue weighted by molar-refractivity contribution is 0.610. The van der Waals surface area contributed by atoms with Crippen molar-refractivity contribution >= 4 is 0 Å². The van der Waals surface area contributed by atoms with Gasteiger partial charge in [-0.05, 0) is 47.0 Å². The Hall–Kier alpha value is -2.67. The van der Waals surface area contributed by atoms with E-state index in [9.17, 15) is 8.78 Å². The van der Waals surface area contributed by atoms with Crippen LogP contribution in [0.3, 0.4) is 0 Å². The van der Waals surface area contributed by atoms with Gasteiger partial charge in [-0.25, -0.2) is 8.78 Å². The van der Waals surface area contributed by atoms with Gasteiger partial charge in [-0.2, -0.15) is 4.80 Å². The predicted octanol–water partition coefficient (Wildman–Crippen LogP) is 2.32. The summed E-state index contributed by atoms with van der Waals surface area (Å²) in [5.74, 6) is -0.691. The van der Waals surface area contributed by atoms with Crippen LogP contribution in [0.15, 0.2) is 36.4 Å². The zero-order valence-corrected chi connectivity index (χ0v) is 12.5. The summed E-state index contributed by atoms with van der Waals surface area (Å²) in [6.45, 7) is 0.366. The third-order valence-corrected chi connectivity index (χ3v) is 3.52. The van der Waals surface area contributed by atoms with Gasteiger partial charge in [0.05, 0.1) is 12.6 Å². The van der Waals surface area contributed by atoms with E-state index in [1.54, 1.807) is 31.3 Å². The number of benzene rings is 2. The van der Waals surface area contributed by atoms with Crippen LogP contribution >= 0.6 is 0 Å². The number of hydrogen-bond donors (Lipinski definition) is 1. The second-order valence-electron chi connectivity index (χ2n) is 5.11. The van der Waals surface area contributed by atoms with E-state index in [2.05, 4.69) is 15.4 Å². The average Bonchev–Trinajstić information content (AvgIpc) is 2.95. The van der Waals surface area contributed by atoms with Crippen molar-refractivity contribution in [2.45, 2.75) is 6.42 Å². The topological polar surface area (TPSA) is 69.6 Å². The summed E-state index contributed by atoms with van der Waals surface area (Å²) in [5.41, 5.74) is 7.25. The Balaban J connectivity index is 2.14. The van der Waals surface area contributed by atoms with E-state index in [4.69, 9.17) is 5.73 Å². The molecule has 0 atom stereocenters. The quantitative estimate of drug-likeness (QED) is 0.802. The minimum Gasteiger partial charge on any atom is -0.330 e. The number of halogens is 2. The first kappa shape index (κ1) is 15.2. The summed E-state index contributed by atoms with van der Waals surface area (Å²) in [6.07, 6.45) is 0.452. The van der Waals surface area contributed by atoms with Gasteiger partial charge in [0.15, 0.2) is 0 Å². The molecular weight excluding hydrogens is 300 g/mol. The number of tetrazole rings is 1. The Labute approximate surface area is 131 Å². The molecule has 0 amide bonds. The number of hydrogen-bond acceptors (Lipinski definition) is 4. The summed E-state index contributed by atoms with van der Waals surface area (Å²) in [4.78, 5) is 1.25. The first-order valence-corrected chi connectivity index (χ1v) is 7.12. The third kappa shape index (κ3) is 2.95. The van der Waals surface area contributed by atoms with Crippen LogP contribution in [-0.2, 0) is 13.5 Å². The van der Waals surface area contributed by atoms with Crippen LogP contribution in [0.5, 0.6) is 0 Å². The molecule has 118 valence electrons. The van der Waals surface area contributed by atoms with Gasteiger partial charge in [-0.1, -0.05) is 24.3 Å². The Morgan fingerprint density at radius 1 is 1.13 bits per heavy atom. The molecule has 5 nitrogen and oxygen atoms in total. The highest BCUT2D eigenvalue weighted by molar-refractivity contribution is 5.80. The van der Waals surface area contributed by atoms with Crippen LogP contribution in [0, 0.1) is 11.6 Å². The molecule has 0 spiro atoms. The van der Waals surface area contributed by atoms with Crippen LogP contribution in [0.25, 0.3) is 22.5 Å². The molecule has 2 N–H and O–H groups in total. The number of aryl methyl sites for hydroxylation is 1. The molecule has 7 heteroatoms. The maximum absolute atomic E-state index is 14.3. The number of nitrogens with two attached hydrogens (primary N) is 1. The highest BCUT2D eigenvalue weighted by Gasteiger charge is 2.17. The predicted molar refractivity (Wildman–Crippen MR) is 82.3 cm³/mol. The summed E-state index contributed by atoms with van der Waals surface area (Å²) in [6, 6.07) is 9.36. The van der Waals surface area contributed by atoms with Gasteiger partial charge in [0.2, 0.25) is 5.82 Å². The Morgan fingerprint density at radius 3 is 2.61 bits per heavy atom. The van der Waals surface area contributed by atoms with Crippen LogP contribution in [0.1, 0.15) is 5.56 Å². The summed E-state index contributed by atoms with van der Waals surface area (Å²) in [5, 5.41) is 11.6. The number of aromatic nitrogens is 4. The highest BCUT2D eigenvalue weighted by Crippen LogP contribution is 2.32. The zero-order chi connectivity index (χ0) is 16.4. The lowest BCUT2D eigenvalue weighted by Crippen LogP contribution is -2.04. The normalized spacial score (nSPS) is 11.0. The fourth-order valence-electron chi connectivity index (χ4n) is 2.45. The molecule has 0 radical (unpaired) electrons. The molecule has 2 aromatic carbocycles. The van der Waals surface area contributed by atoms with Crippen molar-refractivity contribution in [3.8, 4) is 22.5 Å². The monoisotopic (exact) mass is 315 g/mol. The second kappa shape index (κ2) is 6.21. The minimum atomic E-state index is -0.484. The first-order chi connectivity index (χ1) is 11.1. The highest BCUT2D eigenvalue weighted by atomic mass is 19.1. The van der Waals surface area contributed by atoms with Crippen molar-refractivity contribution < 1.29 is 8.78 Å². The minimum absolute atomic E-state index is 0.159. The fourth-order valence-corrected chi connectivity index (χ4v) is 2.45. The molecule has 0 fully saturated rings. The van der Waals surface area contributed by atoms with E-state index in [0.29, 0.717) is 29.7 Å². The maximum Gasteiger partial charge on any atom is 0.208 e. The lowest BCUT2D eigenvalue weighted by Gasteiger charge is -2.10. The smallest absolute Gasteiger partial charge is 0.208 e. The molecule has 1 heterocycles. The van der Waals surface area contributed by atoms with Crippen LogP contribution < -0.4 is 5.73 Å². The van der Waals surface area contributed by atoms with Gasteiger partial charge >= 0.3 is 0 Å². The van der Waals surface area contributed by atoms with Crippen molar-refractivity contribution in [1.29, 1.82) is 0 Å². The zero-order valence-electron chi connectivity index (χ0n) is 12.5. The van der Waals surface area contributed by atoms with Gasteiger partial charge in [-0.15, -0.1) is 10.2 Å². The Bertz CT molecular complexity index is 844. The van der Waals surface area contributed by atoms with E-state index >= 15 is 0 Å². The average molecular weight is 315 g/mol. The van der Waals surface area contributed by atoms with Crippen molar-refractivity contribution in [3.05, 3.63) is 53.6 Å². The van der Waals surface area contributed by atoms with E-state index in [1.165, 1.54) is 16.9 Å². The van der Waals surface area contributed by atoms with Crippen molar-refractivity contribution in [1.82, 2.24) is 20.2 Å². The van der Waals surface area contributed by atoms with E-state index in [0.717, 1.165) is 0 Å². The SMILES string of the molecule is Cn1nnc(-c2c(F)cccc2-c2ccc(CCN)c(F)c2)n1. The van der Waals surface area contributed by atoms with Gasteiger partial charge in [0, 0.05) is 0 Å². The molecule has 3 aromatic rings. The van der Waals surface area contributed by atoms with Gasteiger partial charge in [0.25, 0.3) is 0 Å². The lowest BCUT2D eigenvalue weighted by atomic mass is 9.97. The van der Waals surface area contributed by atoms with Crippen LogP contribution in [-0.4, -0.2) is 26.8 Å². The van der Waals surface area contributed by atoms with E-state index in [-0.39, 0.29) is 17.2 Å². The molecular formula is C16H15F2N5. The van der Waals surface area contributed by atoms with Gasteiger partial charge in [0.1, 0.15) is 11.6 Å². The van der Waals surface area contributed by atoms with Crippen molar-refractivity contribution in [2.75, 3.05) is 6.54 Å². The molecule has 0 aliphatic rings. The van der Waals surface area contributed by atoms with Crippen molar-refractivity contribution in [2.24, 2.45) is 12.8 Å². The van der Waals surface area contributed by atoms with Crippen LogP contribution in [0.4, 0.5) is 8.78 Å². The fraction of sp³-hybridized carbons (Fsp3) is 0.188. The number of nitrogens with zero attached hydrogens (tertiary/aromatic N) is 4. The molecule has 23 heavy (non-hydrogen) atoms. The van der Waals surface area contributed by atoms with Crippen molar-refractivity contribution in [3.63, 3.8) is 0 Å². The Morgan fingerprint density at radius 2 is 1.96 bits per heavy atom. The standard InChI is InChI=1S/C16H15F2N5/c1-23-21-16(20-22-23)15-12(3-2-4-13(15)17)11-6-5-10(7-8-19)14(18)9-11/h2-6,9H,7-8,19H2,1H3. The summed E-state index contributed by atoms with van der Waals surface area (Å²) >= 11 is 0. The molecule has 3 rings (SSSR count). The molecule has 0 aliphatic heterocycles. The number of rotatable bonds is 4. The second-order valence-corrected chi connectivity index (χ2v) is 5.11. The Kier molecular flexibility index (Phi) is 4.12. The summed E-state index contributed by atoms with van der Waals surface area (Å²) in [7, 11) is 1.60. The molecule has 0 unspecified atom stereocenters. The van der Waals surface area contributed by atoms with Gasteiger partial charge in [-0.3, -0.25) is 0 Å². The van der Waals surface area contributed by atoms with Crippen LogP contribution in [0.2, 0.25) is 0 Å². The molecule has 0 saturated carbocycles. The molecule has 1 aromatic heterocycles. The molecule has 0 saturated heterocycles. The first-order valence-electron chi connectivity index (χ1n) is 7.12. The molecule has 0 bridgehead atoms. The largest absolute Gasteiger partial charge is 0.330 e. The third-order valence-electron chi connectivity index (χ3n) is 3.52. The van der Waals surface area contributed by atoms with Gasteiger partial charge < -0.3 is 5.73 Å². The maximum atomic E-state index is 14.3. The molecule has 0 aliphatic carbocycles. The summed E-state index contributed by atoms with van der Waals surface area (Å²) < 4.78 is 28.5. The van der Waals surface area contributed by atoms with E-state index in [1.807, 2.05) is 0 Å². The van der Waals surface area contributed by atoms with E-state index < -0.39 is 5.82 Å².